The molecule has 0 aromatic carbocycles. The highest BCUT2D eigenvalue weighted by Crippen LogP contribution is 2.39. The fourth-order valence-electron chi connectivity index (χ4n) is 4.36. The molecule has 4 rings (SSSR count). The molecule has 2 fully saturated rings. The predicted octanol–water partition coefficient (Wildman–Crippen LogP) is 2.93. The number of aromatic nitrogens is 3. The highest BCUT2D eigenvalue weighted by Gasteiger charge is 2.29. The number of hydrogen-bond acceptors (Lipinski definition) is 7. The SMILES string of the molecule is Cc1cc(-c2cnc(N(C)C)nc2C2CCC(CNC(=O)[C@@H]3CCOC3)CC2)on1. The molecule has 2 aromatic rings. The van der Waals surface area contributed by atoms with Crippen molar-refractivity contribution in [3.05, 3.63) is 23.7 Å². The zero-order chi connectivity index (χ0) is 21.1. The van der Waals surface area contributed by atoms with Gasteiger partial charge in [0, 0.05) is 45.4 Å². The van der Waals surface area contributed by atoms with Crippen molar-refractivity contribution in [1.29, 1.82) is 0 Å². The van der Waals surface area contributed by atoms with E-state index in [1.54, 1.807) is 0 Å². The summed E-state index contributed by atoms with van der Waals surface area (Å²) in [6, 6.07) is 1.94. The first kappa shape index (κ1) is 20.8. The molecule has 162 valence electrons. The smallest absolute Gasteiger partial charge is 0.225 e. The fraction of sp³-hybridized carbons (Fsp3) is 0.636. The Kier molecular flexibility index (Phi) is 6.32. The molecule has 0 bridgehead atoms. The van der Waals surface area contributed by atoms with E-state index in [2.05, 4.69) is 15.5 Å². The normalized spacial score (nSPS) is 24.0. The van der Waals surface area contributed by atoms with Crippen LogP contribution in [0, 0.1) is 18.8 Å². The molecule has 1 saturated carbocycles. The summed E-state index contributed by atoms with van der Waals surface area (Å²) in [6.45, 7) is 3.93. The number of nitrogens with one attached hydrogen (secondary N) is 1. The quantitative estimate of drug-likeness (QED) is 0.778. The maximum Gasteiger partial charge on any atom is 0.225 e. The van der Waals surface area contributed by atoms with Crippen LogP contribution in [0.3, 0.4) is 0 Å². The van der Waals surface area contributed by atoms with Gasteiger partial charge >= 0.3 is 0 Å². The summed E-state index contributed by atoms with van der Waals surface area (Å²) in [4.78, 5) is 23.5. The Morgan fingerprint density at radius 3 is 2.67 bits per heavy atom. The molecule has 3 heterocycles. The predicted molar refractivity (Wildman–Crippen MR) is 113 cm³/mol. The summed E-state index contributed by atoms with van der Waals surface area (Å²) in [7, 11) is 3.90. The van der Waals surface area contributed by atoms with Gasteiger partial charge in [0.2, 0.25) is 11.9 Å². The highest BCUT2D eigenvalue weighted by molar-refractivity contribution is 5.79. The van der Waals surface area contributed by atoms with Crippen molar-refractivity contribution in [3.63, 3.8) is 0 Å². The van der Waals surface area contributed by atoms with E-state index < -0.39 is 0 Å². The average Bonchev–Trinajstić information content (AvgIpc) is 3.44. The van der Waals surface area contributed by atoms with Crippen LogP contribution in [0.1, 0.15) is 49.4 Å². The van der Waals surface area contributed by atoms with Gasteiger partial charge in [0.25, 0.3) is 0 Å². The number of carbonyl (C=O) groups excluding carboxylic acids is 1. The molecule has 8 nitrogen and oxygen atoms in total. The Labute approximate surface area is 177 Å². The second-order valence-electron chi connectivity index (χ2n) is 8.72. The van der Waals surface area contributed by atoms with Gasteiger partial charge in [0.15, 0.2) is 5.76 Å². The minimum atomic E-state index is 0.0275. The van der Waals surface area contributed by atoms with Crippen molar-refractivity contribution >= 4 is 11.9 Å². The Balaban J connectivity index is 1.42. The van der Waals surface area contributed by atoms with E-state index in [9.17, 15) is 4.79 Å². The lowest BCUT2D eigenvalue weighted by molar-refractivity contribution is -0.125. The molecule has 8 heteroatoms. The van der Waals surface area contributed by atoms with Gasteiger partial charge in [-0.3, -0.25) is 4.79 Å². The first-order valence-corrected chi connectivity index (χ1v) is 10.8. The van der Waals surface area contributed by atoms with Gasteiger partial charge in [-0.05, 0) is 44.9 Å². The van der Waals surface area contributed by atoms with E-state index in [4.69, 9.17) is 14.2 Å². The summed E-state index contributed by atoms with van der Waals surface area (Å²) in [5, 5.41) is 7.17. The van der Waals surface area contributed by atoms with Crippen molar-refractivity contribution in [2.45, 2.75) is 44.9 Å². The van der Waals surface area contributed by atoms with Crippen LogP contribution in [0.5, 0.6) is 0 Å². The molecule has 1 atom stereocenters. The Morgan fingerprint density at radius 2 is 2.03 bits per heavy atom. The average molecular weight is 414 g/mol. The lowest BCUT2D eigenvalue weighted by Crippen LogP contribution is -2.35. The second kappa shape index (κ2) is 9.12. The van der Waals surface area contributed by atoms with Gasteiger partial charge in [-0.2, -0.15) is 0 Å². The maximum atomic E-state index is 12.2. The van der Waals surface area contributed by atoms with Crippen LogP contribution < -0.4 is 10.2 Å². The molecule has 1 aliphatic heterocycles. The van der Waals surface area contributed by atoms with E-state index in [0.29, 0.717) is 31.0 Å². The van der Waals surface area contributed by atoms with Gasteiger partial charge < -0.3 is 19.5 Å². The number of anilines is 1. The number of rotatable bonds is 6. The molecule has 2 aliphatic rings. The first-order valence-electron chi connectivity index (χ1n) is 10.8. The molecule has 2 aromatic heterocycles. The zero-order valence-corrected chi connectivity index (χ0v) is 18.1. The summed E-state index contributed by atoms with van der Waals surface area (Å²) < 4.78 is 10.8. The van der Waals surface area contributed by atoms with Gasteiger partial charge in [0.1, 0.15) is 0 Å². The van der Waals surface area contributed by atoms with Crippen LogP contribution in [-0.2, 0) is 9.53 Å². The third-order valence-corrected chi connectivity index (χ3v) is 6.20. The minimum absolute atomic E-state index is 0.0275. The number of aryl methyl sites for hydroxylation is 1. The highest BCUT2D eigenvalue weighted by atomic mass is 16.5. The van der Waals surface area contributed by atoms with Crippen LogP contribution in [0.2, 0.25) is 0 Å². The van der Waals surface area contributed by atoms with E-state index in [-0.39, 0.29) is 11.8 Å². The third kappa shape index (κ3) is 4.64. The van der Waals surface area contributed by atoms with E-state index in [1.165, 1.54) is 0 Å². The summed E-state index contributed by atoms with van der Waals surface area (Å²) >= 11 is 0. The number of amides is 1. The summed E-state index contributed by atoms with van der Waals surface area (Å²) in [5.41, 5.74) is 2.81. The molecule has 30 heavy (non-hydrogen) atoms. The van der Waals surface area contributed by atoms with Gasteiger partial charge in [-0.15, -0.1) is 0 Å². The molecule has 0 unspecified atom stereocenters. The van der Waals surface area contributed by atoms with Crippen LogP contribution in [-0.4, -0.2) is 54.9 Å². The number of nitrogens with zero attached hydrogens (tertiary/aromatic N) is 4. The zero-order valence-electron chi connectivity index (χ0n) is 18.1. The van der Waals surface area contributed by atoms with Crippen molar-refractivity contribution in [3.8, 4) is 11.3 Å². The van der Waals surface area contributed by atoms with E-state index in [0.717, 1.165) is 61.4 Å². The molecule has 1 N–H and O–H groups in total. The fourth-order valence-corrected chi connectivity index (χ4v) is 4.36. The van der Waals surface area contributed by atoms with E-state index >= 15 is 0 Å². The molecular formula is C22H31N5O3. The Morgan fingerprint density at radius 1 is 1.23 bits per heavy atom. The van der Waals surface area contributed by atoms with Crippen LogP contribution >= 0.6 is 0 Å². The van der Waals surface area contributed by atoms with Gasteiger partial charge in [0.05, 0.1) is 29.5 Å². The van der Waals surface area contributed by atoms with Crippen LogP contribution in [0.25, 0.3) is 11.3 Å². The first-order chi connectivity index (χ1) is 14.5. The molecule has 1 amide bonds. The largest absolute Gasteiger partial charge is 0.381 e. The second-order valence-corrected chi connectivity index (χ2v) is 8.72. The van der Waals surface area contributed by atoms with E-state index in [1.807, 2.05) is 38.2 Å². The number of ether oxygens (including phenoxy) is 1. The Hall–Kier alpha value is -2.48. The molecule has 1 saturated heterocycles. The lowest BCUT2D eigenvalue weighted by Gasteiger charge is -2.29. The van der Waals surface area contributed by atoms with Gasteiger partial charge in [-0.1, -0.05) is 5.16 Å². The molecular weight excluding hydrogens is 382 g/mol. The number of hydrogen-bond donors (Lipinski definition) is 1. The van der Waals surface area contributed by atoms with Crippen molar-refractivity contribution in [1.82, 2.24) is 20.4 Å². The summed E-state index contributed by atoms with van der Waals surface area (Å²) in [5.74, 6) is 2.46. The molecule has 0 spiro atoms. The maximum absolute atomic E-state index is 12.2. The van der Waals surface area contributed by atoms with Crippen LogP contribution in [0.15, 0.2) is 16.8 Å². The topological polar surface area (TPSA) is 93.4 Å². The lowest BCUT2D eigenvalue weighted by atomic mass is 9.79. The Bertz CT molecular complexity index is 867. The molecule has 1 aliphatic carbocycles. The van der Waals surface area contributed by atoms with Crippen molar-refractivity contribution < 1.29 is 14.1 Å². The third-order valence-electron chi connectivity index (χ3n) is 6.20. The van der Waals surface area contributed by atoms with Crippen LogP contribution in [0.4, 0.5) is 5.95 Å². The number of carbonyl (C=O) groups is 1. The van der Waals surface area contributed by atoms with Gasteiger partial charge in [-0.25, -0.2) is 9.97 Å². The molecule has 0 radical (unpaired) electrons. The standard InChI is InChI=1S/C22H31N5O3/c1-14-10-19(30-26-14)18-12-24-22(27(2)3)25-20(18)16-6-4-15(5-7-16)11-23-21(28)17-8-9-29-13-17/h10,12,15-17H,4-9,11,13H2,1-3H3,(H,23,28)/t15?,16?,17-/m1/s1. The van der Waals surface area contributed by atoms with Crippen molar-refractivity contribution in [2.75, 3.05) is 38.8 Å². The summed E-state index contributed by atoms with van der Waals surface area (Å²) in [6.07, 6.45) is 6.91. The monoisotopic (exact) mass is 413 g/mol. The van der Waals surface area contributed by atoms with Crippen molar-refractivity contribution in [2.24, 2.45) is 11.8 Å². The minimum Gasteiger partial charge on any atom is -0.381 e.